The van der Waals surface area contributed by atoms with Crippen LogP contribution in [0.15, 0.2) is 66.9 Å². The Morgan fingerprint density at radius 1 is 0.935 bits per heavy atom. The summed E-state index contributed by atoms with van der Waals surface area (Å²) in [6.07, 6.45) is 2.87. The van der Waals surface area contributed by atoms with Gasteiger partial charge in [0.2, 0.25) is 11.9 Å². The van der Waals surface area contributed by atoms with Gasteiger partial charge in [0.05, 0.1) is 5.69 Å². The largest absolute Gasteiger partial charge is 0.326 e. The Labute approximate surface area is 181 Å². The van der Waals surface area contributed by atoms with Gasteiger partial charge in [-0.1, -0.05) is 48.0 Å². The molecule has 0 aliphatic carbocycles. The van der Waals surface area contributed by atoms with Crippen molar-refractivity contribution < 1.29 is 9.59 Å². The fraction of sp³-hybridized carbons (Fsp3) is 0.250. The second-order valence-electron chi connectivity index (χ2n) is 7.68. The van der Waals surface area contributed by atoms with Crippen LogP contribution >= 0.6 is 0 Å². The van der Waals surface area contributed by atoms with E-state index in [2.05, 4.69) is 20.6 Å². The van der Waals surface area contributed by atoms with Crippen LogP contribution in [-0.4, -0.2) is 39.9 Å². The Bertz CT molecular complexity index is 1050. The van der Waals surface area contributed by atoms with Crippen molar-refractivity contribution in [2.24, 2.45) is 5.92 Å². The van der Waals surface area contributed by atoms with Crippen LogP contribution in [-0.2, 0) is 4.79 Å². The number of rotatable bonds is 4. The highest BCUT2D eigenvalue weighted by atomic mass is 16.2. The first-order valence-electron chi connectivity index (χ1n) is 10.4. The topological polar surface area (TPSA) is 87.2 Å². The van der Waals surface area contributed by atoms with Gasteiger partial charge in [-0.2, -0.15) is 0 Å². The normalized spacial score (nSPS) is 14.2. The number of nitrogens with zero attached hydrogens (tertiary/aromatic N) is 3. The van der Waals surface area contributed by atoms with Gasteiger partial charge in [-0.25, -0.2) is 14.8 Å². The minimum Gasteiger partial charge on any atom is -0.326 e. The summed E-state index contributed by atoms with van der Waals surface area (Å²) in [4.78, 5) is 35.5. The summed E-state index contributed by atoms with van der Waals surface area (Å²) in [5.41, 5.74) is 3.65. The molecule has 1 aliphatic heterocycles. The molecule has 1 aromatic heterocycles. The summed E-state index contributed by atoms with van der Waals surface area (Å²) in [6.45, 7) is 3.03. The predicted octanol–water partition coefficient (Wildman–Crippen LogP) is 4.33. The van der Waals surface area contributed by atoms with Gasteiger partial charge in [0, 0.05) is 36.5 Å². The number of anilines is 2. The van der Waals surface area contributed by atoms with E-state index < -0.39 is 0 Å². The van der Waals surface area contributed by atoms with Crippen LogP contribution in [0.4, 0.5) is 16.4 Å². The summed E-state index contributed by atoms with van der Waals surface area (Å²) in [5, 5.41) is 5.74. The van der Waals surface area contributed by atoms with E-state index in [1.165, 1.54) is 0 Å². The number of carbonyl (C=O) groups is 2. The highest BCUT2D eigenvalue weighted by Crippen LogP contribution is 2.21. The Morgan fingerprint density at radius 2 is 1.65 bits per heavy atom. The van der Waals surface area contributed by atoms with Crippen LogP contribution in [0.5, 0.6) is 0 Å². The number of nitrogens with one attached hydrogen (secondary N) is 2. The van der Waals surface area contributed by atoms with E-state index in [4.69, 9.17) is 0 Å². The number of likely N-dealkylation sites (tertiary alicyclic amines) is 1. The standard InChI is InChI=1S/C24H25N5O2/c1-17-7-9-20(10-8-17)26-22(30)19-12-15-29(16-13-19)24(31)28-23-25-14-11-21(27-23)18-5-3-2-4-6-18/h2-11,14,19H,12-13,15-16H2,1H3,(H,26,30)(H,25,27,28,31). The summed E-state index contributed by atoms with van der Waals surface area (Å²) in [7, 11) is 0. The summed E-state index contributed by atoms with van der Waals surface area (Å²) < 4.78 is 0. The van der Waals surface area contributed by atoms with Crippen molar-refractivity contribution in [3.63, 3.8) is 0 Å². The number of aryl methyl sites for hydroxylation is 1. The van der Waals surface area contributed by atoms with E-state index in [9.17, 15) is 9.59 Å². The number of benzene rings is 2. The molecule has 0 unspecified atom stereocenters. The molecule has 7 heteroatoms. The number of hydrogen-bond acceptors (Lipinski definition) is 4. The van der Waals surface area contributed by atoms with Gasteiger partial charge in [-0.3, -0.25) is 10.1 Å². The minimum absolute atomic E-state index is 0.00260. The average Bonchev–Trinajstić information content (AvgIpc) is 2.81. The molecular weight excluding hydrogens is 390 g/mol. The molecule has 0 saturated carbocycles. The maximum Gasteiger partial charge on any atom is 0.324 e. The van der Waals surface area contributed by atoms with Crippen molar-refractivity contribution >= 4 is 23.6 Å². The molecule has 2 N–H and O–H groups in total. The second-order valence-corrected chi connectivity index (χ2v) is 7.68. The average molecular weight is 415 g/mol. The molecule has 3 amide bonds. The van der Waals surface area contributed by atoms with E-state index in [1.807, 2.05) is 67.6 Å². The van der Waals surface area contributed by atoms with Crippen molar-refractivity contribution in [3.05, 3.63) is 72.4 Å². The first-order valence-corrected chi connectivity index (χ1v) is 10.4. The zero-order chi connectivity index (χ0) is 21.6. The van der Waals surface area contributed by atoms with E-state index in [0.717, 1.165) is 22.5 Å². The number of hydrogen-bond donors (Lipinski definition) is 2. The Kier molecular flexibility index (Phi) is 6.21. The molecule has 1 aliphatic rings. The van der Waals surface area contributed by atoms with Crippen molar-refractivity contribution in [1.29, 1.82) is 0 Å². The molecule has 2 aromatic carbocycles. The third-order valence-corrected chi connectivity index (χ3v) is 5.42. The summed E-state index contributed by atoms with van der Waals surface area (Å²) in [5.74, 6) is 0.163. The van der Waals surface area contributed by atoms with Crippen LogP contribution < -0.4 is 10.6 Å². The van der Waals surface area contributed by atoms with Crippen LogP contribution in [0.2, 0.25) is 0 Å². The van der Waals surface area contributed by atoms with Gasteiger partial charge in [0.15, 0.2) is 0 Å². The van der Waals surface area contributed by atoms with Crippen molar-refractivity contribution in [3.8, 4) is 11.3 Å². The predicted molar refractivity (Wildman–Crippen MR) is 121 cm³/mol. The lowest BCUT2D eigenvalue weighted by atomic mass is 9.96. The lowest BCUT2D eigenvalue weighted by Crippen LogP contribution is -2.43. The van der Waals surface area contributed by atoms with Gasteiger partial charge in [0.1, 0.15) is 0 Å². The Hall–Kier alpha value is -3.74. The zero-order valence-corrected chi connectivity index (χ0v) is 17.4. The van der Waals surface area contributed by atoms with Gasteiger partial charge in [-0.15, -0.1) is 0 Å². The van der Waals surface area contributed by atoms with E-state index in [0.29, 0.717) is 25.9 Å². The number of aromatic nitrogens is 2. The molecule has 158 valence electrons. The molecule has 3 aromatic rings. The second kappa shape index (κ2) is 9.38. The molecule has 4 rings (SSSR count). The lowest BCUT2D eigenvalue weighted by Gasteiger charge is -2.31. The Morgan fingerprint density at radius 3 is 2.35 bits per heavy atom. The highest BCUT2D eigenvalue weighted by Gasteiger charge is 2.27. The number of urea groups is 1. The number of amides is 3. The van der Waals surface area contributed by atoms with Crippen LogP contribution in [0.25, 0.3) is 11.3 Å². The molecule has 0 radical (unpaired) electrons. The molecule has 0 bridgehead atoms. The molecule has 7 nitrogen and oxygen atoms in total. The zero-order valence-electron chi connectivity index (χ0n) is 17.4. The molecule has 31 heavy (non-hydrogen) atoms. The van der Waals surface area contributed by atoms with Crippen LogP contribution in [0.3, 0.4) is 0 Å². The summed E-state index contributed by atoms with van der Waals surface area (Å²) in [6, 6.07) is 19.0. The highest BCUT2D eigenvalue weighted by molar-refractivity contribution is 5.93. The molecule has 1 fully saturated rings. The quantitative estimate of drug-likeness (QED) is 0.664. The molecule has 1 saturated heterocycles. The lowest BCUT2D eigenvalue weighted by molar-refractivity contribution is -0.121. The molecule has 0 atom stereocenters. The summed E-state index contributed by atoms with van der Waals surface area (Å²) >= 11 is 0. The smallest absolute Gasteiger partial charge is 0.324 e. The number of carbonyl (C=O) groups excluding carboxylic acids is 2. The van der Waals surface area contributed by atoms with E-state index >= 15 is 0 Å². The first-order chi connectivity index (χ1) is 15.1. The van der Waals surface area contributed by atoms with E-state index in [-0.39, 0.29) is 23.8 Å². The third kappa shape index (κ3) is 5.25. The maximum absolute atomic E-state index is 12.6. The van der Waals surface area contributed by atoms with Crippen molar-refractivity contribution in [2.75, 3.05) is 23.7 Å². The van der Waals surface area contributed by atoms with Crippen molar-refractivity contribution in [2.45, 2.75) is 19.8 Å². The SMILES string of the molecule is Cc1ccc(NC(=O)C2CCN(C(=O)Nc3nccc(-c4ccccc4)n3)CC2)cc1. The fourth-order valence-corrected chi connectivity index (χ4v) is 3.59. The van der Waals surface area contributed by atoms with E-state index in [1.54, 1.807) is 11.1 Å². The van der Waals surface area contributed by atoms with Crippen LogP contribution in [0, 0.1) is 12.8 Å². The van der Waals surface area contributed by atoms with Gasteiger partial charge in [-0.05, 0) is 38.0 Å². The maximum atomic E-state index is 12.6. The molecular formula is C24H25N5O2. The van der Waals surface area contributed by atoms with Crippen LogP contribution in [0.1, 0.15) is 18.4 Å². The molecule has 0 spiro atoms. The van der Waals surface area contributed by atoms with Crippen molar-refractivity contribution in [1.82, 2.24) is 14.9 Å². The number of piperidine rings is 1. The van der Waals surface area contributed by atoms with Gasteiger partial charge < -0.3 is 10.2 Å². The monoisotopic (exact) mass is 415 g/mol. The van der Waals surface area contributed by atoms with Gasteiger partial charge in [0.25, 0.3) is 0 Å². The van der Waals surface area contributed by atoms with Gasteiger partial charge >= 0.3 is 6.03 Å². The third-order valence-electron chi connectivity index (χ3n) is 5.42. The molecule has 2 heterocycles. The first kappa shape index (κ1) is 20.5. The Balaban J connectivity index is 1.30. The fourth-order valence-electron chi connectivity index (χ4n) is 3.59. The minimum atomic E-state index is -0.248.